The molecule has 0 spiro atoms. The van der Waals surface area contributed by atoms with Crippen LogP contribution in [0.5, 0.6) is 0 Å². The molecule has 1 atom stereocenters. The maximum atomic E-state index is 12.5. The molecule has 2 aromatic heterocycles. The second kappa shape index (κ2) is 4.89. The average Bonchev–Trinajstić information content (AvgIpc) is 2.92. The standard InChI is InChI=1S/C13H12N4O4/c18-11-3-7(1-2-14-11)12(19)17-5-9-8(15-6-16-9)4-10(17)13(20)21/h1-3,6,10H,4-5H2,(H,14,18)(H,15,16)(H,20,21). The topological polar surface area (TPSA) is 119 Å². The summed E-state index contributed by atoms with van der Waals surface area (Å²) < 4.78 is 0. The lowest BCUT2D eigenvalue weighted by molar-refractivity contribution is -0.142. The molecule has 21 heavy (non-hydrogen) atoms. The van der Waals surface area contributed by atoms with Crippen LogP contribution >= 0.6 is 0 Å². The first kappa shape index (κ1) is 13.1. The van der Waals surface area contributed by atoms with Gasteiger partial charge in [-0.15, -0.1) is 0 Å². The Labute approximate surface area is 118 Å². The number of nitrogens with zero attached hydrogens (tertiary/aromatic N) is 2. The second-order valence-electron chi connectivity index (χ2n) is 4.76. The van der Waals surface area contributed by atoms with Gasteiger partial charge in [0, 0.05) is 24.2 Å². The molecule has 0 aliphatic carbocycles. The number of aromatic amines is 2. The zero-order chi connectivity index (χ0) is 15.0. The summed E-state index contributed by atoms with van der Waals surface area (Å²) >= 11 is 0. The molecule has 3 rings (SSSR count). The van der Waals surface area contributed by atoms with Gasteiger partial charge >= 0.3 is 5.97 Å². The molecule has 0 fully saturated rings. The van der Waals surface area contributed by atoms with Crippen LogP contribution in [0.3, 0.4) is 0 Å². The summed E-state index contributed by atoms with van der Waals surface area (Å²) in [6, 6.07) is 1.61. The Morgan fingerprint density at radius 1 is 1.38 bits per heavy atom. The molecule has 3 heterocycles. The van der Waals surface area contributed by atoms with Crippen molar-refractivity contribution in [3.63, 3.8) is 0 Å². The van der Waals surface area contributed by atoms with Gasteiger partial charge in [0.1, 0.15) is 6.04 Å². The number of carboxylic acids is 1. The number of nitrogens with one attached hydrogen (secondary N) is 2. The number of carbonyl (C=O) groups excluding carboxylic acids is 1. The van der Waals surface area contributed by atoms with Crippen LogP contribution in [0.25, 0.3) is 0 Å². The van der Waals surface area contributed by atoms with E-state index < -0.39 is 23.5 Å². The van der Waals surface area contributed by atoms with Gasteiger partial charge in [-0.1, -0.05) is 0 Å². The summed E-state index contributed by atoms with van der Waals surface area (Å²) in [5.41, 5.74) is 1.11. The number of hydrogen-bond acceptors (Lipinski definition) is 4. The minimum absolute atomic E-state index is 0.123. The molecule has 0 aromatic carbocycles. The molecule has 2 aromatic rings. The number of carbonyl (C=O) groups is 2. The van der Waals surface area contributed by atoms with Crippen molar-refractivity contribution in [3.05, 3.63) is 52.0 Å². The molecule has 8 nitrogen and oxygen atoms in total. The summed E-state index contributed by atoms with van der Waals surface area (Å²) in [7, 11) is 0. The number of pyridine rings is 1. The monoisotopic (exact) mass is 288 g/mol. The third-order valence-corrected chi connectivity index (χ3v) is 3.47. The Kier molecular flexibility index (Phi) is 3.05. The molecule has 3 N–H and O–H groups in total. The lowest BCUT2D eigenvalue weighted by Crippen LogP contribution is -2.48. The first-order chi connectivity index (χ1) is 10.1. The highest BCUT2D eigenvalue weighted by Crippen LogP contribution is 2.22. The summed E-state index contributed by atoms with van der Waals surface area (Å²) in [6.07, 6.45) is 2.98. The molecule has 0 bridgehead atoms. The molecule has 1 amide bonds. The van der Waals surface area contributed by atoms with Crippen LogP contribution in [0.2, 0.25) is 0 Å². The second-order valence-corrected chi connectivity index (χ2v) is 4.76. The molecule has 1 aliphatic heterocycles. The molecule has 0 saturated heterocycles. The van der Waals surface area contributed by atoms with Crippen molar-refractivity contribution >= 4 is 11.9 Å². The number of fused-ring (bicyclic) bond motifs is 1. The Morgan fingerprint density at radius 2 is 2.19 bits per heavy atom. The normalized spacial score (nSPS) is 17.3. The Hall–Kier alpha value is -2.90. The number of carboxylic acid groups (broad SMARTS) is 1. The van der Waals surface area contributed by atoms with Crippen molar-refractivity contribution in [2.45, 2.75) is 19.0 Å². The number of aromatic nitrogens is 3. The van der Waals surface area contributed by atoms with E-state index in [0.29, 0.717) is 11.4 Å². The van der Waals surface area contributed by atoms with Crippen LogP contribution < -0.4 is 5.56 Å². The summed E-state index contributed by atoms with van der Waals surface area (Å²) in [5.74, 6) is -1.59. The predicted molar refractivity (Wildman–Crippen MR) is 70.7 cm³/mol. The first-order valence-electron chi connectivity index (χ1n) is 6.30. The van der Waals surface area contributed by atoms with Crippen LogP contribution in [0.15, 0.2) is 29.5 Å². The quantitative estimate of drug-likeness (QED) is 0.704. The fourth-order valence-corrected chi connectivity index (χ4v) is 2.41. The number of amides is 1. The van der Waals surface area contributed by atoms with Crippen molar-refractivity contribution in [1.29, 1.82) is 0 Å². The van der Waals surface area contributed by atoms with Crippen molar-refractivity contribution in [3.8, 4) is 0 Å². The number of imidazole rings is 1. The van der Waals surface area contributed by atoms with Crippen molar-refractivity contribution in [1.82, 2.24) is 19.9 Å². The summed E-state index contributed by atoms with van der Waals surface area (Å²) in [5, 5.41) is 9.32. The van der Waals surface area contributed by atoms with Crippen LogP contribution in [0.1, 0.15) is 21.7 Å². The van der Waals surface area contributed by atoms with Crippen LogP contribution in [-0.2, 0) is 17.8 Å². The van der Waals surface area contributed by atoms with E-state index in [1.807, 2.05) is 0 Å². The van der Waals surface area contributed by atoms with Gasteiger partial charge in [-0.05, 0) is 6.07 Å². The van der Waals surface area contributed by atoms with Crippen molar-refractivity contribution in [2.24, 2.45) is 0 Å². The smallest absolute Gasteiger partial charge is 0.326 e. The van der Waals surface area contributed by atoms with E-state index in [2.05, 4.69) is 15.0 Å². The SMILES string of the molecule is O=C(O)C1Cc2nc[nH]c2CN1C(=O)c1cc[nH]c(=O)c1. The zero-order valence-electron chi connectivity index (χ0n) is 10.9. The highest BCUT2D eigenvalue weighted by atomic mass is 16.4. The fraction of sp³-hybridized carbons (Fsp3) is 0.231. The fourth-order valence-electron chi connectivity index (χ4n) is 2.41. The number of H-pyrrole nitrogens is 2. The molecular formula is C13H12N4O4. The van der Waals surface area contributed by atoms with Gasteiger partial charge in [-0.3, -0.25) is 9.59 Å². The van der Waals surface area contributed by atoms with Crippen molar-refractivity contribution < 1.29 is 14.7 Å². The van der Waals surface area contributed by atoms with Gasteiger partial charge in [0.15, 0.2) is 0 Å². The molecular weight excluding hydrogens is 276 g/mol. The third kappa shape index (κ3) is 2.31. The predicted octanol–water partition coefficient (Wildman–Crippen LogP) is -0.250. The van der Waals surface area contributed by atoms with Gasteiger partial charge in [-0.25, -0.2) is 9.78 Å². The minimum atomic E-state index is -1.10. The van der Waals surface area contributed by atoms with Gasteiger partial charge in [0.05, 0.1) is 24.3 Å². The summed E-state index contributed by atoms with van der Waals surface area (Å²) in [6.45, 7) is 0.123. The van der Waals surface area contributed by atoms with Gasteiger partial charge < -0.3 is 20.0 Å². The van der Waals surface area contributed by atoms with Crippen LogP contribution in [0, 0.1) is 0 Å². The zero-order valence-corrected chi connectivity index (χ0v) is 10.9. The molecule has 0 saturated carbocycles. The summed E-state index contributed by atoms with van der Waals surface area (Å²) in [4.78, 5) is 45.8. The maximum absolute atomic E-state index is 12.5. The van der Waals surface area contributed by atoms with E-state index in [4.69, 9.17) is 0 Å². The largest absolute Gasteiger partial charge is 0.480 e. The highest BCUT2D eigenvalue weighted by molar-refractivity contribution is 5.96. The average molecular weight is 288 g/mol. The molecule has 8 heteroatoms. The van der Waals surface area contributed by atoms with E-state index in [-0.39, 0.29) is 18.5 Å². The van der Waals surface area contributed by atoms with E-state index in [1.165, 1.54) is 23.5 Å². The molecule has 0 radical (unpaired) electrons. The number of aliphatic carboxylic acids is 1. The highest BCUT2D eigenvalue weighted by Gasteiger charge is 2.36. The number of hydrogen-bond donors (Lipinski definition) is 3. The van der Waals surface area contributed by atoms with Gasteiger partial charge in [-0.2, -0.15) is 0 Å². The maximum Gasteiger partial charge on any atom is 0.326 e. The van der Waals surface area contributed by atoms with E-state index in [0.717, 1.165) is 6.07 Å². The van der Waals surface area contributed by atoms with E-state index in [1.54, 1.807) is 0 Å². The molecule has 1 aliphatic rings. The van der Waals surface area contributed by atoms with Crippen LogP contribution in [-0.4, -0.2) is 42.9 Å². The lowest BCUT2D eigenvalue weighted by atomic mass is 10.0. The van der Waals surface area contributed by atoms with Crippen LogP contribution in [0.4, 0.5) is 0 Å². The third-order valence-electron chi connectivity index (χ3n) is 3.47. The van der Waals surface area contributed by atoms with E-state index in [9.17, 15) is 19.5 Å². The molecule has 108 valence electrons. The first-order valence-corrected chi connectivity index (χ1v) is 6.30. The minimum Gasteiger partial charge on any atom is -0.480 e. The Morgan fingerprint density at radius 3 is 2.90 bits per heavy atom. The van der Waals surface area contributed by atoms with Gasteiger partial charge in [0.25, 0.3) is 5.91 Å². The van der Waals surface area contributed by atoms with Crippen molar-refractivity contribution in [2.75, 3.05) is 0 Å². The Bertz CT molecular complexity index is 763. The lowest BCUT2D eigenvalue weighted by Gasteiger charge is -2.32. The van der Waals surface area contributed by atoms with Gasteiger partial charge in [0.2, 0.25) is 5.56 Å². The Balaban J connectivity index is 1.97. The number of rotatable bonds is 2. The molecule has 1 unspecified atom stereocenters. The van der Waals surface area contributed by atoms with E-state index >= 15 is 0 Å².